The molecule has 0 saturated heterocycles. The highest BCUT2D eigenvalue weighted by Crippen LogP contribution is 2.11. The number of hydrogen-bond donors (Lipinski definition) is 0. The Bertz CT molecular complexity index is 74.5. The lowest BCUT2D eigenvalue weighted by atomic mass is 10.4. The topological polar surface area (TPSA) is 0 Å². The molecule has 0 heterocycles. The van der Waals surface area contributed by atoms with Crippen LogP contribution in [-0.4, -0.2) is 11.0 Å². The van der Waals surface area contributed by atoms with Gasteiger partial charge in [0.25, 0.3) is 0 Å². The third-order valence-corrected chi connectivity index (χ3v) is 1.99. The lowest BCUT2D eigenvalue weighted by Gasteiger charge is -2.01. The smallest absolute Gasteiger partial charge is 0.0140 e. The Kier molecular flexibility index (Phi) is 4.06. The van der Waals surface area contributed by atoms with E-state index in [-0.39, 0.29) is 0 Å². The van der Waals surface area contributed by atoms with Gasteiger partial charge in [0.05, 0.1) is 0 Å². The normalized spacial score (nSPS) is 10.0. The van der Waals surface area contributed by atoms with Crippen LogP contribution in [0.4, 0.5) is 0 Å². The molecule has 0 rings (SSSR count). The standard InChI is InChI=1S/C7H14S/c1-6(2)5-8-7(3)4/h7H,1,5H2,2-4H3. The van der Waals surface area contributed by atoms with Crippen molar-refractivity contribution in [1.82, 2.24) is 0 Å². The Balaban J connectivity index is 3.05. The Morgan fingerprint density at radius 1 is 1.62 bits per heavy atom. The molecule has 0 N–H and O–H groups in total. The minimum atomic E-state index is 0.742. The third-order valence-electron chi connectivity index (χ3n) is 0.663. The summed E-state index contributed by atoms with van der Waals surface area (Å²) in [5, 5.41) is 0.742. The molecule has 48 valence electrons. The monoisotopic (exact) mass is 130 g/mol. The molecule has 0 bridgehead atoms. The second kappa shape index (κ2) is 4.02. The first-order valence-corrected chi connectivity index (χ1v) is 3.93. The van der Waals surface area contributed by atoms with Gasteiger partial charge in [0, 0.05) is 5.75 Å². The lowest BCUT2D eigenvalue weighted by Crippen LogP contribution is -1.88. The Morgan fingerprint density at radius 2 is 2.12 bits per heavy atom. The fourth-order valence-corrected chi connectivity index (χ4v) is 0.927. The molecule has 0 aliphatic rings. The summed E-state index contributed by atoms with van der Waals surface area (Å²) in [5.74, 6) is 1.11. The van der Waals surface area contributed by atoms with Crippen LogP contribution in [0.3, 0.4) is 0 Å². The Morgan fingerprint density at radius 3 is 2.25 bits per heavy atom. The van der Waals surface area contributed by atoms with Gasteiger partial charge in [-0.25, -0.2) is 0 Å². The molecule has 0 fully saturated rings. The maximum absolute atomic E-state index is 3.81. The molecular formula is C7H14S. The number of hydrogen-bond acceptors (Lipinski definition) is 1. The summed E-state index contributed by atoms with van der Waals surface area (Å²) in [7, 11) is 0. The Labute approximate surface area is 56.4 Å². The van der Waals surface area contributed by atoms with Gasteiger partial charge >= 0.3 is 0 Å². The zero-order valence-electron chi connectivity index (χ0n) is 5.90. The largest absolute Gasteiger partial charge is 0.155 e. The van der Waals surface area contributed by atoms with Gasteiger partial charge in [0.2, 0.25) is 0 Å². The van der Waals surface area contributed by atoms with Crippen molar-refractivity contribution in [2.24, 2.45) is 0 Å². The molecule has 0 atom stereocenters. The predicted molar refractivity (Wildman–Crippen MR) is 42.4 cm³/mol. The predicted octanol–water partition coefficient (Wildman–Crippen LogP) is 2.70. The van der Waals surface area contributed by atoms with Crippen LogP contribution in [0.25, 0.3) is 0 Å². The van der Waals surface area contributed by atoms with Crippen molar-refractivity contribution in [3.05, 3.63) is 12.2 Å². The molecule has 0 saturated carbocycles. The van der Waals surface area contributed by atoms with E-state index in [1.807, 2.05) is 11.8 Å². The molecule has 0 aliphatic carbocycles. The van der Waals surface area contributed by atoms with Crippen LogP contribution < -0.4 is 0 Å². The number of rotatable bonds is 3. The minimum Gasteiger partial charge on any atom is -0.155 e. The maximum Gasteiger partial charge on any atom is 0.0140 e. The van der Waals surface area contributed by atoms with Crippen molar-refractivity contribution in [2.75, 3.05) is 5.75 Å². The first kappa shape index (κ1) is 8.09. The van der Waals surface area contributed by atoms with Crippen molar-refractivity contribution in [2.45, 2.75) is 26.0 Å². The highest BCUT2D eigenvalue weighted by molar-refractivity contribution is 8.00. The van der Waals surface area contributed by atoms with E-state index >= 15 is 0 Å². The highest BCUT2D eigenvalue weighted by Gasteiger charge is 1.91. The van der Waals surface area contributed by atoms with Gasteiger partial charge in [-0.3, -0.25) is 0 Å². The van der Waals surface area contributed by atoms with Crippen molar-refractivity contribution in [3.8, 4) is 0 Å². The molecule has 0 nitrogen and oxygen atoms in total. The molecule has 0 spiro atoms. The van der Waals surface area contributed by atoms with E-state index in [0.717, 1.165) is 11.0 Å². The molecule has 0 aromatic rings. The quantitative estimate of drug-likeness (QED) is 0.529. The highest BCUT2D eigenvalue weighted by atomic mass is 32.2. The van der Waals surface area contributed by atoms with Gasteiger partial charge in [-0.05, 0) is 12.2 Å². The molecule has 0 unspecified atom stereocenters. The molecule has 0 amide bonds. The zero-order chi connectivity index (χ0) is 6.57. The van der Waals surface area contributed by atoms with Crippen molar-refractivity contribution in [1.29, 1.82) is 0 Å². The Hall–Kier alpha value is 0.0900. The van der Waals surface area contributed by atoms with Gasteiger partial charge in [-0.15, -0.1) is 0 Å². The van der Waals surface area contributed by atoms with Gasteiger partial charge in [0.15, 0.2) is 0 Å². The lowest BCUT2D eigenvalue weighted by molar-refractivity contribution is 1.11. The molecule has 1 heteroatoms. The minimum absolute atomic E-state index is 0.742. The van der Waals surface area contributed by atoms with Gasteiger partial charge in [0.1, 0.15) is 0 Å². The molecule has 0 aromatic carbocycles. The molecular weight excluding hydrogens is 116 g/mol. The maximum atomic E-state index is 3.81. The second-order valence-electron chi connectivity index (χ2n) is 2.32. The van der Waals surface area contributed by atoms with E-state index in [1.54, 1.807) is 0 Å². The summed E-state index contributed by atoms with van der Waals surface area (Å²) in [6, 6.07) is 0. The van der Waals surface area contributed by atoms with Gasteiger partial charge in [-0.2, -0.15) is 11.8 Å². The first-order chi connectivity index (χ1) is 3.63. The van der Waals surface area contributed by atoms with Crippen LogP contribution in [0.2, 0.25) is 0 Å². The fourth-order valence-electron chi connectivity index (χ4n) is 0.309. The van der Waals surface area contributed by atoms with Crippen molar-refractivity contribution >= 4 is 11.8 Å². The van der Waals surface area contributed by atoms with E-state index in [0.29, 0.717) is 0 Å². The van der Waals surface area contributed by atoms with Crippen LogP contribution in [-0.2, 0) is 0 Å². The zero-order valence-corrected chi connectivity index (χ0v) is 6.72. The molecule has 8 heavy (non-hydrogen) atoms. The van der Waals surface area contributed by atoms with Crippen molar-refractivity contribution in [3.63, 3.8) is 0 Å². The van der Waals surface area contributed by atoms with Crippen molar-refractivity contribution < 1.29 is 0 Å². The summed E-state index contributed by atoms with van der Waals surface area (Å²) in [6.45, 7) is 10.3. The van der Waals surface area contributed by atoms with E-state index < -0.39 is 0 Å². The summed E-state index contributed by atoms with van der Waals surface area (Å²) >= 11 is 1.94. The molecule has 0 radical (unpaired) electrons. The molecule has 0 aliphatic heterocycles. The van der Waals surface area contributed by atoms with Gasteiger partial charge in [-0.1, -0.05) is 26.0 Å². The summed E-state index contributed by atoms with van der Waals surface area (Å²) in [6.07, 6.45) is 0. The average molecular weight is 130 g/mol. The van der Waals surface area contributed by atoms with Crippen LogP contribution in [0.15, 0.2) is 12.2 Å². The summed E-state index contributed by atoms with van der Waals surface area (Å²) < 4.78 is 0. The van der Waals surface area contributed by atoms with E-state index in [1.165, 1.54) is 5.57 Å². The average Bonchev–Trinajstić information content (AvgIpc) is 1.61. The summed E-state index contributed by atoms with van der Waals surface area (Å²) in [5.41, 5.74) is 1.27. The van der Waals surface area contributed by atoms with Crippen LogP contribution in [0, 0.1) is 0 Å². The second-order valence-corrected chi connectivity index (χ2v) is 3.88. The van der Waals surface area contributed by atoms with E-state index in [2.05, 4.69) is 27.4 Å². The van der Waals surface area contributed by atoms with Crippen LogP contribution in [0.1, 0.15) is 20.8 Å². The van der Waals surface area contributed by atoms with Crippen LogP contribution in [0.5, 0.6) is 0 Å². The fraction of sp³-hybridized carbons (Fsp3) is 0.714. The number of thioether (sulfide) groups is 1. The van der Waals surface area contributed by atoms with E-state index in [9.17, 15) is 0 Å². The SMILES string of the molecule is C=C(C)CSC(C)C. The molecule has 0 aromatic heterocycles. The third kappa shape index (κ3) is 6.09. The van der Waals surface area contributed by atoms with Gasteiger partial charge < -0.3 is 0 Å². The summed E-state index contributed by atoms with van der Waals surface area (Å²) in [4.78, 5) is 0. The van der Waals surface area contributed by atoms with E-state index in [4.69, 9.17) is 0 Å². The van der Waals surface area contributed by atoms with Crippen LogP contribution >= 0.6 is 11.8 Å². The first-order valence-electron chi connectivity index (χ1n) is 2.89.